The van der Waals surface area contributed by atoms with Gasteiger partial charge in [0.05, 0.1) is 24.9 Å². The van der Waals surface area contributed by atoms with Gasteiger partial charge < -0.3 is 10.5 Å². The Morgan fingerprint density at radius 3 is 2.50 bits per heavy atom. The highest BCUT2D eigenvalue weighted by Gasteiger charge is 2.18. The van der Waals surface area contributed by atoms with Crippen LogP contribution in [0.15, 0.2) is 6.07 Å². The predicted molar refractivity (Wildman–Crippen MR) is 66.4 cm³/mol. The number of rotatable bonds is 4. The number of nitrogens with two attached hydrogens (primary N) is 1. The Balaban J connectivity index is 2.64. The zero-order valence-corrected chi connectivity index (χ0v) is 10.9. The Kier molecular flexibility index (Phi) is 3.97. The molecule has 1 rings (SSSR count). The Morgan fingerprint density at radius 1 is 1.44 bits per heavy atom. The first-order chi connectivity index (χ1) is 7.30. The van der Waals surface area contributed by atoms with E-state index in [1.807, 2.05) is 24.6 Å². The Morgan fingerprint density at radius 2 is 2.06 bits per heavy atom. The van der Waals surface area contributed by atoms with Crippen LogP contribution < -0.4 is 5.73 Å². The number of nitrogens with zero attached hydrogens (tertiary/aromatic N) is 2. The molecule has 0 spiro atoms. The van der Waals surface area contributed by atoms with Crippen molar-refractivity contribution in [3.05, 3.63) is 11.8 Å². The first-order valence-electron chi connectivity index (χ1n) is 5.76. The van der Waals surface area contributed by atoms with E-state index in [2.05, 4.69) is 25.9 Å². The SMILES string of the molecule is CC(C)OCCn1nc(C(C)(C)C)cc1N. The van der Waals surface area contributed by atoms with Crippen molar-refractivity contribution in [1.82, 2.24) is 9.78 Å². The number of hydrogen-bond donors (Lipinski definition) is 1. The van der Waals surface area contributed by atoms with Crippen LogP contribution in [0.3, 0.4) is 0 Å². The molecule has 0 saturated carbocycles. The second-order valence-electron chi connectivity index (χ2n) is 5.35. The van der Waals surface area contributed by atoms with E-state index in [4.69, 9.17) is 10.5 Å². The van der Waals surface area contributed by atoms with Gasteiger partial charge in [0, 0.05) is 11.5 Å². The van der Waals surface area contributed by atoms with Crippen LogP contribution >= 0.6 is 0 Å². The maximum atomic E-state index is 5.90. The minimum atomic E-state index is 0.0400. The summed E-state index contributed by atoms with van der Waals surface area (Å²) in [7, 11) is 0. The van der Waals surface area contributed by atoms with Crippen molar-refractivity contribution >= 4 is 5.82 Å². The van der Waals surface area contributed by atoms with Crippen molar-refractivity contribution in [3.8, 4) is 0 Å². The Hall–Kier alpha value is -1.03. The van der Waals surface area contributed by atoms with Gasteiger partial charge in [-0.3, -0.25) is 0 Å². The third kappa shape index (κ3) is 3.52. The molecular weight excluding hydrogens is 202 g/mol. The average molecular weight is 225 g/mol. The molecule has 92 valence electrons. The lowest BCUT2D eigenvalue weighted by molar-refractivity contribution is 0.0712. The fraction of sp³-hybridized carbons (Fsp3) is 0.750. The third-order valence-electron chi connectivity index (χ3n) is 2.33. The predicted octanol–water partition coefficient (Wildman–Crippen LogP) is 2.19. The fourth-order valence-electron chi connectivity index (χ4n) is 1.35. The molecule has 1 aromatic rings. The van der Waals surface area contributed by atoms with Gasteiger partial charge in [-0.15, -0.1) is 0 Å². The standard InChI is InChI=1S/C12H23N3O/c1-9(2)16-7-6-15-11(13)8-10(14-15)12(3,4)5/h8-9H,6-7,13H2,1-5H3. The van der Waals surface area contributed by atoms with E-state index < -0.39 is 0 Å². The largest absolute Gasteiger partial charge is 0.384 e. The van der Waals surface area contributed by atoms with Crippen molar-refractivity contribution in [2.75, 3.05) is 12.3 Å². The van der Waals surface area contributed by atoms with Crippen molar-refractivity contribution in [2.45, 2.75) is 52.7 Å². The molecule has 0 aliphatic heterocycles. The summed E-state index contributed by atoms with van der Waals surface area (Å²) in [6.45, 7) is 11.8. The molecule has 4 nitrogen and oxygen atoms in total. The number of nitrogen functional groups attached to an aromatic ring is 1. The van der Waals surface area contributed by atoms with Crippen LogP contribution in [0.5, 0.6) is 0 Å². The Bertz CT molecular complexity index is 337. The van der Waals surface area contributed by atoms with Crippen LogP contribution in [0, 0.1) is 0 Å². The summed E-state index contributed by atoms with van der Waals surface area (Å²) >= 11 is 0. The lowest BCUT2D eigenvalue weighted by Gasteiger charge is -2.14. The molecule has 0 amide bonds. The number of ether oxygens (including phenoxy) is 1. The molecule has 0 fully saturated rings. The minimum absolute atomic E-state index is 0.0400. The van der Waals surface area contributed by atoms with Crippen LogP contribution in [-0.4, -0.2) is 22.5 Å². The first-order valence-corrected chi connectivity index (χ1v) is 5.76. The van der Waals surface area contributed by atoms with Crippen molar-refractivity contribution in [3.63, 3.8) is 0 Å². The Labute approximate surface area is 97.8 Å². The van der Waals surface area contributed by atoms with Gasteiger partial charge in [0.15, 0.2) is 0 Å². The summed E-state index contributed by atoms with van der Waals surface area (Å²) in [5.74, 6) is 0.706. The first kappa shape index (κ1) is 13.0. The van der Waals surface area contributed by atoms with Crippen molar-refractivity contribution in [2.24, 2.45) is 0 Å². The van der Waals surface area contributed by atoms with Gasteiger partial charge >= 0.3 is 0 Å². The van der Waals surface area contributed by atoms with Gasteiger partial charge in [0.2, 0.25) is 0 Å². The second kappa shape index (κ2) is 4.87. The summed E-state index contributed by atoms with van der Waals surface area (Å²) in [5.41, 5.74) is 6.96. The molecule has 0 radical (unpaired) electrons. The summed E-state index contributed by atoms with van der Waals surface area (Å²) in [4.78, 5) is 0. The maximum Gasteiger partial charge on any atom is 0.122 e. The molecule has 1 heterocycles. The molecule has 0 aliphatic rings. The average Bonchev–Trinajstić information content (AvgIpc) is 2.46. The molecule has 0 aromatic carbocycles. The summed E-state index contributed by atoms with van der Waals surface area (Å²) in [6.07, 6.45) is 0.249. The highest BCUT2D eigenvalue weighted by atomic mass is 16.5. The summed E-state index contributed by atoms with van der Waals surface area (Å²) in [6, 6.07) is 1.94. The maximum absolute atomic E-state index is 5.90. The van der Waals surface area contributed by atoms with E-state index >= 15 is 0 Å². The highest BCUT2D eigenvalue weighted by Crippen LogP contribution is 2.22. The molecule has 0 bridgehead atoms. The lowest BCUT2D eigenvalue weighted by atomic mass is 9.92. The van der Waals surface area contributed by atoms with Crippen LogP contribution in [0.2, 0.25) is 0 Å². The van der Waals surface area contributed by atoms with Crippen LogP contribution in [0.1, 0.15) is 40.3 Å². The normalized spacial score (nSPS) is 12.4. The highest BCUT2D eigenvalue weighted by molar-refractivity contribution is 5.33. The molecule has 1 aromatic heterocycles. The number of hydrogen-bond acceptors (Lipinski definition) is 3. The van der Waals surface area contributed by atoms with Gasteiger partial charge in [-0.25, -0.2) is 4.68 Å². The quantitative estimate of drug-likeness (QED) is 0.854. The van der Waals surface area contributed by atoms with E-state index in [1.54, 1.807) is 0 Å². The van der Waals surface area contributed by atoms with Crippen molar-refractivity contribution < 1.29 is 4.74 Å². The van der Waals surface area contributed by atoms with Crippen LogP contribution in [-0.2, 0) is 16.7 Å². The monoisotopic (exact) mass is 225 g/mol. The minimum Gasteiger partial charge on any atom is -0.384 e. The summed E-state index contributed by atoms with van der Waals surface area (Å²) in [5, 5.41) is 4.49. The van der Waals surface area contributed by atoms with E-state index in [9.17, 15) is 0 Å². The third-order valence-corrected chi connectivity index (χ3v) is 2.33. The van der Waals surface area contributed by atoms with Gasteiger partial charge in [-0.1, -0.05) is 20.8 Å². The van der Waals surface area contributed by atoms with E-state index in [1.165, 1.54) is 0 Å². The molecule has 0 atom stereocenters. The number of aromatic nitrogens is 2. The molecule has 2 N–H and O–H groups in total. The summed E-state index contributed by atoms with van der Waals surface area (Å²) < 4.78 is 7.29. The van der Waals surface area contributed by atoms with Crippen LogP contribution in [0.25, 0.3) is 0 Å². The van der Waals surface area contributed by atoms with E-state index in [-0.39, 0.29) is 11.5 Å². The molecule has 0 unspecified atom stereocenters. The molecule has 4 heteroatoms. The van der Waals surface area contributed by atoms with Gasteiger partial charge in [-0.2, -0.15) is 5.10 Å². The van der Waals surface area contributed by atoms with Gasteiger partial charge in [0.1, 0.15) is 5.82 Å². The fourth-order valence-corrected chi connectivity index (χ4v) is 1.35. The van der Waals surface area contributed by atoms with Gasteiger partial charge in [-0.05, 0) is 13.8 Å². The van der Waals surface area contributed by atoms with E-state index in [0.29, 0.717) is 19.0 Å². The zero-order valence-electron chi connectivity index (χ0n) is 10.9. The molecule has 0 aliphatic carbocycles. The number of anilines is 1. The van der Waals surface area contributed by atoms with Gasteiger partial charge in [0.25, 0.3) is 0 Å². The van der Waals surface area contributed by atoms with E-state index in [0.717, 1.165) is 5.69 Å². The molecule has 0 saturated heterocycles. The molecular formula is C12H23N3O. The second-order valence-corrected chi connectivity index (χ2v) is 5.35. The molecule has 16 heavy (non-hydrogen) atoms. The van der Waals surface area contributed by atoms with Crippen molar-refractivity contribution in [1.29, 1.82) is 0 Å². The lowest BCUT2D eigenvalue weighted by Crippen LogP contribution is -2.15. The topological polar surface area (TPSA) is 53.1 Å². The zero-order chi connectivity index (χ0) is 12.3. The smallest absolute Gasteiger partial charge is 0.122 e. The van der Waals surface area contributed by atoms with Crippen LogP contribution in [0.4, 0.5) is 5.82 Å².